The fourth-order valence-corrected chi connectivity index (χ4v) is 2.37. The molecular weight excluding hydrogens is 338 g/mol. The molecule has 0 fully saturated rings. The van der Waals surface area contributed by atoms with Gasteiger partial charge in [-0.25, -0.2) is 0 Å². The van der Waals surface area contributed by atoms with Gasteiger partial charge in [0.05, 0.1) is 12.9 Å². The molecule has 0 aliphatic carbocycles. The largest absolute Gasteiger partial charge is 0.407 e. The van der Waals surface area contributed by atoms with E-state index in [0.29, 0.717) is 18.4 Å². The maximum atomic E-state index is 13.3. The van der Waals surface area contributed by atoms with Crippen molar-refractivity contribution < 1.29 is 38.9 Å². The fraction of sp³-hybridized carbons (Fsp3) is 0.500. The van der Waals surface area contributed by atoms with E-state index in [9.17, 15) is 34.8 Å². The van der Waals surface area contributed by atoms with E-state index in [1.165, 1.54) is 6.07 Å². The van der Waals surface area contributed by atoms with Crippen molar-refractivity contribution in [3.63, 3.8) is 0 Å². The summed E-state index contributed by atoms with van der Waals surface area (Å²) in [5.74, 6) is 0. The third-order valence-electron chi connectivity index (χ3n) is 3.01. The molecule has 0 saturated heterocycles. The van der Waals surface area contributed by atoms with Gasteiger partial charge < -0.3 is 0 Å². The molecule has 1 aromatic carbocycles. The second-order valence-electron chi connectivity index (χ2n) is 4.54. The lowest BCUT2D eigenvalue weighted by molar-refractivity contribution is -0.306. The van der Waals surface area contributed by atoms with Gasteiger partial charge in [0.1, 0.15) is 0 Å². The molecule has 1 rings (SSSR count). The lowest BCUT2D eigenvalue weighted by Crippen LogP contribution is -2.54. The van der Waals surface area contributed by atoms with Crippen LogP contribution in [-0.4, -0.2) is 33.6 Å². The first-order valence-electron chi connectivity index (χ1n) is 5.85. The SMILES string of the molecule is CS(=O)(=O)OCCC(c1ccccc1)(C(F)(F)F)C(F)(F)F. The van der Waals surface area contributed by atoms with E-state index < -0.39 is 46.5 Å². The first kappa shape index (κ1) is 18.8. The van der Waals surface area contributed by atoms with Crippen LogP contribution in [-0.2, 0) is 19.7 Å². The number of benzene rings is 1. The van der Waals surface area contributed by atoms with E-state index in [1.807, 2.05) is 0 Å². The Morgan fingerprint density at radius 2 is 1.41 bits per heavy atom. The van der Waals surface area contributed by atoms with Crippen molar-refractivity contribution in [3.8, 4) is 0 Å². The third kappa shape index (κ3) is 3.92. The first-order valence-corrected chi connectivity index (χ1v) is 7.66. The highest BCUT2D eigenvalue weighted by molar-refractivity contribution is 7.85. The predicted octanol–water partition coefficient (Wildman–Crippen LogP) is 3.42. The van der Waals surface area contributed by atoms with Crippen molar-refractivity contribution in [3.05, 3.63) is 35.9 Å². The first-order chi connectivity index (χ1) is 9.81. The molecule has 0 radical (unpaired) electrons. The van der Waals surface area contributed by atoms with Gasteiger partial charge in [-0.1, -0.05) is 30.3 Å². The number of halogens is 6. The summed E-state index contributed by atoms with van der Waals surface area (Å²) in [4.78, 5) is 0. The number of alkyl halides is 6. The quantitative estimate of drug-likeness (QED) is 0.604. The van der Waals surface area contributed by atoms with E-state index in [2.05, 4.69) is 4.18 Å². The van der Waals surface area contributed by atoms with E-state index in [-0.39, 0.29) is 0 Å². The molecule has 0 heterocycles. The molecular formula is C12H12F6O3S. The van der Waals surface area contributed by atoms with Crippen molar-refractivity contribution in [1.29, 1.82) is 0 Å². The van der Waals surface area contributed by atoms with Crippen molar-refractivity contribution in [2.45, 2.75) is 24.2 Å². The molecule has 0 aromatic heterocycles. The molecule has 126 valence electrons. The number of hydrogen-bond acceptors (Lipinski definition) is 3. The average molecular weight is 350 g/mol. The van der Waals surface area contributed by atoms with Gasteiger partial charge in [-0.15, -0.1) is 0 Å². The van der Waals surface area contributed by atoms with E-state index in [1.54, 1.807) is 0 Å². The minimum atomic E-state index is -5.67. The van der Waals surface area contributed by atoms with Crippen LogP contribution in [0.4, 0.5) is 26.3 Å². The molecule has 0 aliphatic heterocycles. The Morgan fingerprint density at radius 1 is 0.955 bits per heavy atom. The molecule has 0 amide bonds. The normalized spacial score (nSPS) is 14.1. The van der Waals surface area contributed by atoms with Crippen LogP contribution in [0.2, 0.25) is 0 Å². The number of hydrogen-bond donors (Lipinski definition) is 0. The fourth-order valence-electron chi connectivity index (χ4n) is 1.98. The zero-order chi connectivity index (χ0) is 17.2. The highest BCUT2D eigenvalue weighted by Gasteiger charge is 2.71. The smallest absolute Gasteiger partial charge is 0.270 e. The lowest BCUT2D eigenvalue weighted by atomic mass is 9.76. The third-order valence-corrected chi connectivity index (χ3v) is 3.60. The second kappa shape index (κ2) is 6.07. The zero-order valence-electron chi connectivity index (χ0n) is 11.2. The van der Waals surface area contributed by atoms with Gasteiger partial charge in [0.25, 0.3) is 10.1 Å². The molecule has 3 nitrogen and oxygen atoms in total. The van der Waals surface area contributed by atoms with Crippen molar-refractivity contribution >= 4 is 10.1 Å². The maximum Gasteiger partial charge on any atom is 0.407 e. The van der Waals surface area contributed by atoms with Crippen molar-refractivity contribution in [1.82, 2.24) is 0 Å². The molecule has 22 heavy (non-hydrogen) atoms. The van der Waals surface area contributed by atoms with Crippen LogP contribution >= 0.6 is 0 Å². The van der Waals surface area contributed by atoms with Gasteiger partial charge in [0, 0.05) is 0 Å². The van der Waals surface area contributed by atoms with Crippen LogP contribution in [0.3, 0.4) is 0 Å². The summed E-state index contributed by atoms with van der Waals surface area (Å²) in [7, 11) is -4.15. The molecule has 10 heteroatoms. The Bertz CT molecular complexity index is 578. The van der Waals surface area contributed by atoms with Crippen LogP contribution in [0.1, 0.15) is 12.0 Å². The molecule has 0 atom stereocenters. The van der Waals surface area contributed by atoms with Crippen LogP contribution in [0, 0.1) is 0 Å². The van der Waals surface area contributed by atoms with E-state index in [0.717, 1.165) is 12.1 Å². The number of rotatable bonds is 5. The Hall–Kier alpha value is -1.29. The molecule has 0 bridgehead atoms. The Morgan fingerprint density at radius 3 is 1.77 bits per heavy atom. The minimum Gasteiger partial charge on any atom is -0.270 e. The van der Waals surface area contributed by atoms with Gasteiger partial charge in [-0.05, 0) is 12.0 Å². The van der Waals surface area contributed by atoms with Gasteiger partial charge in [0.15, 0.2) is 5.41 Å². The van der Waals surface area contributed by atoms with Gasteiger partial charge >= 0.3 is 12.4 Å². The molecule has 0 N–H and O–H groups in total. The molecule has 0 saturated carbocycles. The van der Waals surface area contributed by atoms with Crippen LogP contribution in [0.25, 0.3) is 0 Å². The topological polar surface area (TPSA) is 43.4 Å². The minimum absolute atomic E-state index is 0.540. The van der Waals surface area contributed by atoms with Gasteiger partial charge in [0.2, 0.25) is 0 Å². The molecule has 0 aliphatic rings. The summed E-state index contributed by atoms with van der Waals surface area (Å²) in [5.41, 5.74) is -5.22. The monoisotopic (exact) mass is 350 g/mol. The highest BCUT2D eigenvalue weighted by Crippen LogP contribution is 2.54. The summed E-state index contributed by atoms with van der Waals surface area (Å²) >= 11 is 0. The van der Waals surface area contributed by atoms with Crippen LogP contribution in [0.15, 0.2) is 30.3 Å². The Balaban J connectivity index is 3.36. The van der Waals surface area contributed by atoms with Crippen molar-refractivity contribution in [2.75, 3.05) is 12.9 Å². The second-order valence-corrected chi connectivity index (χ2v) is 6.19. The summed E-state index contributed by atoms with van der Waals surface area (Å²) in [5, 5.41) is 0. The van der Waals surface area contributed by atoms with Gasteiger partial charge in [-0.2, -0.15) is 34.8 Å². The highest BCUT2D eigenvalue weighted by atomic mass is 32.2. The molecule has 0 spiro atoms. The Kier molecular flexibility index (Phi) is 5.18. The van der Waals surface area contributed by atoms with Crippen molar-refractivity contribution in [2.24, 2.45) is 0 Å². The summed E-state index contributed by atoms with van der Waals surface area (Å²) in [6.45, 7) is -1.24. The van der Waals surface area contributed by atoms with E-state index in [4.69, 9.17) is 0 Å². The van der Waals surface area contributed by atoms with Crippen LogP contribution < -0.4 is 0 Å². The standard InChI is InChI=1S/C12H12F6O3S/c1-22(19,20)21-8-7-10(11(13,14)15,12(16,17)18)9-5-3-2-4-6-9/h2-6H,7-8H2,1H3. The van der Waals surface area contributed by atoms with E-state index >= 15 is 0 Å². The molecule has 1 aromatic rings. The molecule has 0 unspecified atom stereocenters. The summed E-state index contributed by atoms with van der Waals surface area (Å²) in [6.07, 6.45) is -12.4. The maximum absolute atomic E-state index is 13.3. The van der Waals surface area contributed by atoms with Gasteiger partial charge in [-0.3, -0.25) is 4.18 Å². The summed E-state index contributed by atoms with van der Waals surface area (Å²) in [6, 6.07) is 4.74. The predicted molar refractivity (Wildman–Crippen MR) is 65.6 cm³/mol. The summed E-state index contributed by atoms with van der Waals surface area (Å²) < 4.78 is 105. The Labute approximate surface area is 123 Å². The zero-order valence-corrected chi connectivity index (χ0v) is 12.0. The average Bonchev–Trinajstić information content (AvgIpc) is 2.31. The lowest BCUT2D eigenvalue weighted by Gasteiger charge is -2.37. The van der Waals surface area contributed by atoms with Crippen LogP contribution in [0.5, 0.6) is 0 Å².